The summed E-state index contributed by atoms with van der Waals surface area (Å²) in [6, 6.07) is 7.30. The first-order valence-corrected chi connectivity index (χ1v) is 7.14. The van der Waals surface area contributed by atoms with Crippen LogP contribution < -0.4 is 5.32 Å². The molecule has 1 fully saturated rings. The zero-order valence-electron chi connectivity index (χ0n) is 12.0. The fourth-order valence-corrected chi connectivity index (χ4v) is 2.70. The quantitative estimate of drug-likeness (QED) is 0.905. The molecule has 2 N–H and O–H groups in total. The SMILES string of the molecule is CC1(NCc2ccc3oc(C(=O)O)cc3c2)CCCOC1. The van der Waals surface area contributed by atoms with Gasteiger partial charge in [-0.15, -0.1) is 0 Å². The minimum Gasteiger partial charge on any atom is -0.475 e. The predicted molar refractivity (Wildman–Crippen MR) is 78.5 cm³/mol. The molecule has 1 aliphatic rings. The highest BCUT2D eigenvalue weighted by atomic mass is 16.5. The van der Waals surface area contributed by atoms with Gasteiger partial charge in [-0.25, -0.2) is 4.79 Å². The van der Waals surface area contributed by atoms with E-state index in [0.29, 0.717) is 5.58 Å². The molecule has 1 aromatic heterocycles. The van der Waals surface area contributed by atoms with Gasteiger partial charge in [0.2, 0.25) is 5.76 Å². The van der Waals surface area contributed by atoms with Crippen LogP contribution in [0.1, 0.15) is 35.9 Å². The molecule has 0 spiro atoms. The van der Waals surface area contributed by atoms with Crippen molar-refractivity contribution in [1.82, 2.24) is 5.32 Å². The van der Waals surface area contributed by atoms with Gasteiger partial charge in [-0.1, -0.05) is 6.07 Å². The van der Waals surface area contributed by atoms with E-state index in [2.05, 4.69) is 12.2 Å². The van der Waals surface area contributed by atoms with E-state index in [9.17, 15) is 4.79 Å². The molecule has 1 aromatic carbocycles. The van der Waals surface area contributed by atoms with E-state index in [-0.39, 0.29) is 11.3 Å². The van der Waals surface area contributed by atoms with Crippen molar-refractivity contribution in [3.63, 3.8) is 0 Å². The highest BCUT2D eigenvalue weighted by Gasteiger charge is 2.26. The molecule has 2 aromatic rings. The van der Waals surface area contributed by atoms with Gasteiger partial charge < -0.3 is 19.6 Å². The standard InChI is InChI=1S/C16H19NO4/c1-16(5-2-6-20-10-16)17-9-11-3-4-13-12(7-11)8-14(21-13)15(18)19/h3-4,7-8,17H,2,5-6,9-10H2,1H3,(H,18,19). The third kappa shape index (κ3) is 3.09. The maximum absolute atomic E-state index is 10.9. The van der Waals surface area contributed by atoms with Gasteiger partial charge in [0.05, 0.1) is 6.61 Å². The van der Waals surface area contributed by atoms with E-state index in [1.165, 1.54) is 0 Å². The lowest BCUT2D eigenvalue weighted by Crippen LogP contribution is -2.48. The van der Waals surface area contributed by atoms with Gasteiger partial charge in [0.25, 0.3) is 0 Å². The number of rotatable bonds is 4. The van der Waals surface area contributed by atoms with Crippen LogP contribution in [0.15, 0.2) is 28.7 Å². The normalized spacial score (nSPS) is 22.5. The molecule has 5 heteroatoms. The Morgan fingerprint density at radius 2 is 2.29 bits per heavy atom. The molecule has 2 heterocycles. The van der Waals surface area contributed by atoms with Crippen LogP contribution in [0.3, 0.4) is 0 Å². The second kappa shape index (κ2) is 5.50. The summed E-state index contributed by atoms with van der Waals surface area (Å²) in [6.07, 6.45) is 2.18. The maximum Gasteiger partial charge on any atom is 0.371 e. The minimum atomic E-state index is -1.04. The summed E-state index contributed by atoms with van der Waals surface area (Å²) in [5.41, 5.74) is 1.71. The fraction of sp³-hybridized carbons (Fsp3) is 0.438. The average molecular weight is 289 g/mol. The predicted octanol–water partition coefficient (Wildman–Crippen LogP) is 2.79. The van der Waals surface area contributed by atoms with Crippen molar-refractivity contribution in [1.29, 1.82) is 0 Å². The van der Waals surface area contributed by atoms with Gasteiger partial charge in [-0.05, 0) is 43.5 Å². The van der Waals surface area contributed by atoms with Crippen molar-refractivity contribution in [2.24, 2.45) is 0 Å². The summed E-state index contributed by atoms with van der Waals surface area (Å²) in [4.78, 5) is 10.9. The zero-order valence-corrected chi connectivity index (χ0v) is 12.0. The summed E-state index contributed by atoms with van der Waals surface area (Å²) < 4.78 is 10.8. The number of aromatic carboxylic acids is 1. The molecule has 0 saturated carbocycles. The number of benzene rings is 1. The van der Waals surface area contributed by atoms with Crippen LogP contribution >= 0.6 is 0 Å². The van der Waals surface area contributed by atoms with Crippen molar-refractivity contribution < 1.29 is 19.1 Å². The maximum atomic E-state index is 10.9. The molecule has 0 aliphatic carbocycles. The molecule has 0 amide bonds. The first-order chi connectivity index (χ1) is 10.1. The summed E-state index contributed by atoms with van der Waals surface area (Å²) in [5.74, 6) is -1.07. The number of hydrogen-bond donors (Lipinski definition) is 2. The van der Waals surface area contributed by atoms with E-state index in [4.69, 9.17) is 14.3 Å². The van der Waals surface area contributed by atoms with Gasteiger partial charge in [0.15, 0.2) is 0 Å². The molecule has 112 valence electrons. The number of carboxylic acids is 1. The highest BCUT2D eigenvalue weighted by molar-refractivity contribution is 5.91. The van der Waals surface area contributed by atoms with Crippen LogP contribution in [0.5, 0.6) is 0 Å². The lowest BCUT2D eigenvalue weighted by molar-refractivity contribution is 0.0278. The lowest BCUT2D eigenvalue weighted by atomic mass is 9.94. The van der Waals surface area contributed by atoms with Crippen LogP contribution in [-0.4, -0.2) is 29.8 Å². The van der Waals surface area contributed by atoms with Gasteiger partial charge in [-0.2, -0.15) is 0 Å². The van der Waals surface area contributed by atoms with Crippen molar-refractivity contribution in [3.05, 3.63) is 35.6 Å². The Morgan fingerprint density at radius 3 is 3.00 bits per heavy atom. The Labute approximate surface area is 122 Å². The third-order valence-corrected chi connectivity index (χ3v) is 3.95. The van der Waals surface area contributed by atoms with Gasteiger partial charge in [-0.3, -0.25) is 0 Å². The number of ether oxygens (including phenoxy) is 1. The Kier molecular flexibility index (Phi) is 3.69. The second-order valence-electron chi connectivity index (χ2n) is 5.86. The summed E-state index contributed by atoms with van der Waals surface area (Å²) in [7, 11) is 0. The van der Waals surface area contributed by atoms with E-state index in [1.807, 2.05) is 18.2 Å². The molecule has 0 bridgehead atoms. The number of carbonyl (C=O) groups is 1. The van der Waals surface area contributed by atoms with E-state index in [0.717, 1.165) is 43.5 Å². The Bertz CT molecular complexity index is 655. The number of furan rings is 1. The minimum absolute atomic E-state index is 0.00975. The molecule has 1 saturated heterocycles. The number of fused-ring (bicyclic) bond motifs is 1. The number of hydrogen-bond acceptors (Lipinski definition) is 4. The smallest absolute Gasteiger partial charge is 0.371 e. The number of nitrogens with one attached hydrogen (secondary N) is 1. The molecule has 0 radical (unpaired) electrons. The molecule has 1 atom stereocenters. The van der Waals surface area contributed by atoms with E-state index >= 15 is 0 Å². The average Bonchev–Trinajstić information content (AvgIpc) is 2.89. The van der Waals surface area contributed by atoms with Crippen LogP contribution in [0.25, 0.3) is 11.0 Å². The van der Waals surface area contributed by atoms with Crippen molar-refractivity contribution in [2.45, 2.75) is 31.8 Å². The van der Waals surface area contributed by atoms with Crippen molar-refractivity contribution in [3.8, 4) is 0 Å². The Balaban J connectivity index is 1.73. The molecule has 5 nitrogen and oxygen atoms in total. The number of carboxylic acid groups (broad SMARTS) is 1. The van der Waals surface area contributed by atoms with E-state index < -0.39 is 5.97 Å². The summed E-state index contributed by atoms with van der Waals surface area (Å²) in [6.45, 7) is 4.47. The largest absolute Gasteiger partial charge is 0.475 e. The Morgan fingerprint density at radius 1 is 1.43 bits per heavy atom. The molecular formula is C16H19NO4. The lowest BCUT2D eigenvalue weighted by Gasteiger charge is -2.34. The molecule has 21 heavy (non-hydrogen) atoms. The summed E-state index contributed by atoms with van der Waals surface area (Å²) in [5, 5.41) is 13.3. The fourth-order valence-electron chi connectivity index (χ4n) is 2.70. The molecule has 3 rings (SSSR count). The summed E-state index contributed by atoms with van der Waals surface area (Å²) >= 11 is 0. The first-order valence-electron chi connectivity index (χ1n) is 7.14. The van der Waals surface area contributed by atoms with Crippen molar-refractivity contribution >= 4 is 16.9 Å². The van der Waals surface area contributed by atoms with Gasteiger partial charge in [0.1, 0.15) is 5.58 Å². The topological polar surface area (TPSA) is 71.7 Å². The Hall–Kier alpha value is -1.85. The van der Waals surface area contributed by atoms with Crippen LogP contribution in [-0.2, 0) is 11.3 Å². The first kappa shape index (κ1) is 14.1. The zero-order chi connectivity index (χ0) is 14.9. The molecular weight excluding hydrogens is 270 g/mol. The van der Waals surface area contributed by atoms with Crippen molar-refractivity contribution in [2.75, 3.05) is 13.2 Å². The monoisotopic (exact) mass is 289 g/mol. The molecule has 1 unspecified atom stereocenters. The highest BCUT2D eigenvalue weighted by Crippen LogP contribution is 2.22. The second-order valence-corrected chi connectivity index (χ2v) is 5.86. The van der Waals surface area contributed by atoms with Crippen LogP contribution in [0, 0.1) is 0 Å². The molecule has 1 aliphatic heterocycles. The van der Waals surface area contributed by atoms with Gasteiger partial charge >= 0.3 is 5.97 Å². The van der Waals surface area contributed by atoms with E-state index in [1.54, 1.807) is 6.07 Å². The third-order valence-electron chi connectivity index (χ3n) is 3.95. The van der Waals surface area contributed by atoms with Crippen LogP contribution in [0.2, 0.25) is 0 Å². The van der Waals surface area contributed by atoms with Crippen LogP contribution in [0.4, 0.5) is 0 Å². The van der Waals surface area contributed by atoms with Gasteiger partial charge in [0, 0.05) is 24.1 Å².